The zero-order valence-corrected chi connectivity index (χ0v) is 25.8. The van der Waals surface area contributed by atoms with E-state index in [0.717, 1.165) is 0 Å². The van der Waals surface area contributed by atoms with Gasteiger partial charge in [-0.15, -0.1) is 22.7 Å². The van der Waals surface area contributed by atoms with E-state index in [1.165, 1.54) is 90.1 Å². The van der Waals surface area contributed by atoms with Gasteiger partial charge in [-0.3, -0.25) is 0 Å². The maximum absolute atomic E-state index is 2.48. The molecule has 3 heteroatoms. The Morgan fingerprint density at radius 1 is 0.356 bits per heavy atom. The molecule has 0 fully saturated rings. The molecule has 0 saturated heterocycles. The van der Waals surface area contributed by atoms with Gasteiger partial charge in [-0.2, -0.15) is 0 Å². The Hall–Kier alpha value is -5.22. The van der Waals surface area contributed by atoms with E-state index in [1.54, 1.807) is 0 Å². The predicted octanol–water partition coefficient (Wildman–Crippen LogP) is 12.9. The third-order valence-corrected chi connectivity index (χ3v) is 11.6. The van der Waals surface area contributed by atoms with Crippen molar-refractivity contribution >= 4 is 84.8 Å². The first-order valence-corrected chi connectivity index (χ1v) is 16.9. The van der Waals surface area contributed by atoms with Gasteiger partial charge in [0.05, 0.1) is 11.0 Å². The van der Waals surface area contributed by atoms with Gasteiger partial charge >= 0.3 is 0 Å². The lowest BCUT2D eigenvalue weighted by molar-refractivity contribution is 1.19. The topological polar surface area (TPSA) is 4.93 Å². The van der Waals surface area contributed by atoms with Crippen LogP contribution < -0.4 is 0 Å². The number of fused-ring (bicyclic) bond motifs is 9. The first-order valence-electron chi connectivity index (χ1n) is 15.3. The van der Waals surface area contributed by atoms with E-state index >= 15 is 0 Å². The second-order valence-electron chi connectivity index (χ2n) is 11.7. The molecule has 0 spiro atoms. The van der Waals surface area contributed by atoms with E-state index in [4.69, 9.17) is 0 Å². The van der Waals surface area contributed by atoms with Crippen LogP contribution in [0.5, 0.6) is 0 Å². The third kappa shape index (κ3) is 3.78. The second-order valence-corrected chi connectivity index (χ2v) is 13.9. The van der Waals surface area contributed by atoms with Crippen molar-refractivity contribution in [3.05, 3.63) is 152 Å². The Labute approximate surface area is 267 Å². The van der Waals surface area contributed by atoms with Gasteiger partial charge in [0.15, 0.2) is 0 Å². The van der Waals surface area contributed by atoms with E-state index in [0.29, 0.717) is 0 Å². The maximum atomic E-state index is 2.48. The minimum atomic E-state index is 1.19. The molecule has 45 heavy (non-hydrogen) atoms. The molecule has 210 valence electrons. The van der Waals surface area contributed by atoms with Crippen molar-refractivity contribution in [3.63, 3.8) is 0 Å². The molecule has 0 radical (unpaired) electrons. The number of thiophene rings is 2. The van der Waals surface area contributed by atoms with Crippen LogP contribution in [0.4, 0.5) is 0 Å². The summed E-state index contributed by atoms with van der Waals surface area (Å²) < 4.78 is 7.81. The highest BCUT2D eigenvalue weighted by Gasteiger charge is 2.18. The number of hydrogen-bond acceptors (Lipinski definition) is 2. The van der Waals surface area contributed by atoms with Gasteiger partial charge in [0.25, 0.3) is 0 Å². The van der Waals surface area contributed by atoms with Crippen molar-refractivity contribution in [2.24, 2.45) is 0 Å². The Morgan fingerprint density at radius 3 is 1.82 bits per heavy atom. The monoisotopic (exact) mass is 607 g/mol. The highest BCUT2D eigenvalue weighted by Crippen LogP contribution is 2.44. The second kappa shape index (κ2) is 9.64. The SMILES string of the molecule is c1ccc(-c2cc(-n3c4ccccc4c4ccc(-c5ccc6sc7ccccc7c6c5)cc43)cc3c2sc2ccccc23)cc1. The van der Waals surface area contributed by atoms with Crippen molar-refractivity contribution in [2.45, 2.75) is 0 Å². The van der Waals surface area contributed by atoms with E-state index in [9.17, 15) is 0 Å². The van der Waals surface area contributed by atoms with Gasteiger partial charge in [0.2, 0.25) is 0 Å². The van der Waals surface area contributed by atoms with Crippen molar-refractivity contribution in [1.29, 1.82) is 0 Å². The number of rotatable bonds is 3. The lowest BCUT2D eigenvalue weighted by Gasteiger charge is -2.13. The fourth-order valence-electron chi connectivity index (χ4n) is 7.11. The third-order valence-electron chi connectivity index (χ3n) is 9.19. The molecule has 0 saturated carbocycles. The molecule has 10 rings (SSSR count). The number of nitrogens with zero attached hydrogens (tertiary/aromatic N) is 1. The van der Waals surface area contributed by atoms with Crippen molar-refractivity contribution in [1.82, 2.24) is 4.57 Å². The molecule has 1 nitrogen and oxygen atoms in total. The van der Waals surface area contributed by atoms with Gasteiger partial charge < -0.3 is 4.57 Å². The van der Waals surface area contributed by atoms with Crippen LogP contribution in [0.15, 0.2) is 152 Å². The van der Waals surface area contributed by atoms with Gasteiger partial charge in [-0.25, -0.2) is 0 Å². The van der Waals surface area contributed by atoms with Crippen LogP contribution in [-0.4, -0.2) is 4.57 Å². The van der Waals surface area contributed by atoms with Gasteiger partial charge in [0.1, 0.15) is 0 Å². The minimum absolute atomic E-state index is 1.19. The molecule has 0 unspecified atom stereocenters. The molecule has 7 aromatic carbocycles. The molecule has 0 aliphatic rings. The van der Waals surface area contributed by atoms with Gasteiger partial charge in [0, 0.05) is 62.4 Å². The van der Waals surface area contributed by atoms with E-state index in [1.807, 2.05) is 22.7 Å². The molecule has 0 bridgehead atoms. The van der Waals surface area contributed by atoms with E-state index in [-0.39, 0.29) is 0 Å². The largest absolute Gasteiger partial charge is 0.309 e. The molecule has 3 aromatic heterocycles. The summed E-state index contributed by atoms with van der Waals surface area (Å²) in [7, 11) is 0. The summed E-state index contributed by atoms with van der Waals surface area (Å²) in [4.78, 5) is 0. The smallest absolute Gasteiger partial charge is 0.0547 e. The quantitative estimate of drug-likeness (QED) is 0.188. The van der Waals surface area contributed by atoms with Crippen molar-refractivity contribution in [2.75, 3.05) is 0 Å². The number of benzene rings is 7. The lowest BCUT2D eigenvalue weighted by atomic mass is 10.0. The van der Waals surface area contributed by atoms with Crippen LogP contribution in [0, 0.1) is 0 Å². The number of aromatic nitrogens is 1. The summed E-state index contributed by atoms with van der Waals surface area (Å²) in [5.41, 5.74) is 8.63. The average molecular weight is 608 g/mol. The maximum Gasteiger partial charge on any atom is 0.0547 e. The first kappa shape index (κ1) is 25.1. The number of hydrogen-bond donors (Lipinski definition) is 0. The molecular weight excluding hydrogens is 583 g/mol. The van der Waals surface area contributed by atoms with Crippen LogP contribution in [0.1, 0.15) is 0 Å². The molecule has 0 atom stereocenters. The minimum Gasteiger partial charge on any atom is -0.309 e. The highest BCUT2D eigenvalue weighted by atomic mass is 32.1. The zero-order valence-electron chi connectivity index (χ0n) is 24.2. The summed E-state index contributed by atoms with van der Waals surface area (Å²) in [5, 5.41) is 7.83. The van der Waals surface area contributed by atoms with Crippen LogP contribution in [-0.2, 0) is 0 Å². The van der Waals surface area contributed by atoms with E-state index < -0.39 is 0 Å². The first-order chi connectivity index (χ1) is 22.3. The summed E-state index contributed by atoms with van der Waals surface area (Å²) in [6.45, 7) is 0. The summed E-state index contributed by atoms with van der Waals surface area (Å²) in [6.07, 6.45) is 0. The normalized spacial score (nSPS) is 12.0. The number of para-hydroxylation sites is 1. The van der Waals surface area contributed by atoms with Gasteiger partial charge in [-0.1, -0.05) is 103 Å². The summed E-state index contributed by atoms with van der Waals surface area (Å²) >= 11 is 3.76. The highest BCUT2D eigenvalue weighted by molar-refractivity contribution is 7.26. The Kier molecular flexibility index (Phi) is 5.39. The Bertz CT molecular complexity index is 2760. The lowest BCUT2D eigenvalue weighted by Crippen LogP contribution is -1.95. The Balaban J connectivity index is 1.27. The molecule has 0 amide bonds. The fraction of sp³-hybridized carbons (Fsp3) is 0. The zero-order chi connectivity index (χ0) is 29.5. The molecule has 3 heterocycles. The van der Waals surface area contributed by atoms with Crippen LogP contribution in [0.25, 0.3) is 90.1 Å². The van der Waals surface area contributed by atoms with Crippen molar-refractivity contribution in [3.8, 4) is 27.9 Å². The molecule has 10 aromatic rings. The molecule has 0 N–H and O–H groups in total. The van der Waals surface area contributed by atoms with Gasteiger partial charge in [-0.05, 0) is 65.2 Å². The standard InChI is InChI=1S/C42H25NS2/c1-2-10-26(11-3-1)34-24-29(25-36-33-14-6-9-17-40(33)45-42(34)36)43-37-15-7-4-12-30(37)31-20-18-28(23-38(31)43)27-19-21-41-35(22-27)32-13-5-8-16-39(32)44-41/h1-25H. The average Bonchev–Trinajstić information content (AvgIpc) is 3.77. The molecule has 0 aliphatic heterocycles. The van der Waals surface area contributed by atoms with Crippen LogP contribution in [0.3, 0.4) is 0 Å². The molecule has 0 aliphatic carbocycles. The molecular formula is C42H25NS2. The van der Waals surface area contributed by atoms with Crippen LogP contribution in [0.2, 0.25) is 0 Å². The fourth-order valence-corrected chi connectivity index (χ4v) is 9.41. The van der Waals surface area contributed by atoms with Crippen LogP contribution >= 0.6 is 22.7 Å². The predicted molar refractivity (Wildman–Crippen MR) is 197 cm³/mol. The summed E-state index contributed by atoms with van der Waals surface area (Å²) in [6, 6.07) is 56.0. The Morgan fingerprint density at radius 2 is 0.978 bits per heavy atom. The summed E-state index contributed by atoms with van der Waals surface area (Å²) in [5.74, 6) is 0. The van der Waals surface area contributed by atoms with Crippen molar-refractivity contribution < 1.29 is 0 Å². The van der Waals surface area contributed by atoms with E-state index in [2.05, 4.69) is 156 Å².